The van der Waals surface area contributed by atoms with Gasteiger partial charge in [0.25, 0.3) is 10.0 Å². The quantitative estimate of drug-likeness (QED) is 0.420. The van der Waals surface area contributed by atoms with Crippen LogP contribution in [0.15, 0.2) is 44.8 Å². The third-order valence-electron chi connectivity index (χ3n) is 5.94. The van der Waals surface area contributed by atoms with E-state index in [2.05, 4.69) is 4.98 Å². The second-order valence-corrected chi connectivity index (χ2v) is 14.9. The summed E-state index contributed by atoms with van der Waals surface area (Å²) in [7, 11) is -3.04. The first-order chi connectivity index (χ1) is 16.5. The van der Waals surface area contributed by atoms with Crippen molar-refractivity contribution < 1.29 is 21.6 Å². The number of benzene rings is 1. The van der Waals surface area contributed by atoms with Gasteiger partial charge < -0.3 is 4.90 Å². The summed E-state index contributed by atoms with van der Waals surface area (Å²) < 4.78 is 52.0. The lowest BCUT2D eigenvalue weighted by molar-refractivity contribution is -0.123. The van der Waals surface area contributed by atoms with E-state index in [4.69, 9.17) is 0 Å². The van der Waals surface area contributed by atoms with Crippen molar-refractivity contribution >= 4 is 63.8 Å². The van der Waals surface area contributed by atoms with Gasteiger partial charge in [-0.15, -0.1) is 11.3 Å². The first-order valence-electron chi connectivity index (χ1n) is 11.1. The zero-order chi connectivity index (χ0) is 25.4. The number of anilines is 1. The molecule has 1 saturated heterocycles. The highest BCUT2D eigenvalue weighted by Crippen LogP contribution is 2.33. The predicted molar refractivity (Wildman–Crippen MR) is 139 cm³/mol. The third kappa shape index (κ3) is 5.75. The second-order valence-electron chi connectivity index (χ2n) is 8.80. The van der Waals surface area contributed by atoms with Gasteiger partial charge in [0.05, 0.1) is 15.1 Å². The molecule has 9 nitrogen and oxygen atoms in total. The Hall–Kier alpha value is -1.90. The molecule has 3 heterocycles. The molecule has 13 heteroatoms. The summed E-state index contributed by atoms with van der Waals surface area (Å²) in [6.45, 7) is 1.63. The van der Waals surface area contributed by atoms with Gasteiger partial charge in [-0.1, -0.05) is 17.4 Å². The number of aromatic nitrogens is 1. The van der Waals surface area contributed by atoms with Crippen molar-refractivity contribution in [1.29, 1.82) is 0 Å². The zero-order valence-corrected chi connectivity index (χ0v) is 23.0. The number of carbonyl (C=O) groups excluding carboxylic acids is 1. The van der Waals surface area contributed by atoms with Gasteiger partial charge in [-0.25, -0.2) is 21.8 Å². The van der Waals surface area contributed by atoms with E-state index in [1.165, 1.54) is 33.0 Å². The second kappa shape index (κ2) is 10.2. The van der Waals surface area contributed by atoms with Crippen LogP contribution in [0.25, 0.3) is 10.2 Å². The Morgan fingerprint density at radius 2 is 1.83 bits per heavy atom. The van der Waals surface area contributed by atoms with E-state index in [0.717, 1.165) is 6.26 Å². The molecule has 2 aromatic heterocycles. The topological polar surface area (TPSA) is 108 Å². The normalized spacial score (nSPS) is 16.2. The van der Waals surface area contributed by atoms with Gasteiger partial charge in [0.1, 0.15) is 4.21 Å². The van der Waals surface area contributed by atoms with Gasteiger partial charge in [-0.05, 0) is 56.6 Å². The van der Waals surface area contributed by atoms with Gasteiger partial charge >= 0.3 is 0 Å². The van der Waals surface area contributed by atoms with Crippen LogP contribution in [-0.2, 0) is 24.7 Å². The summed E-state index contributed by atoms with van der Waals surface area (Å²) in [6.07, 6.45) is 2.03. The molecule has 1 amide bonds. The molecule has 0 spiro atoms. The Morgan fingerprint density at radius 3 is 2.43 bits per heavy atom. The molecular formula is C22H28N4O5S4. The number of carbonyl (C=O) groups is 1. The number of likely N-dealkylation sites (N-methyl/N-ethyl adjacent to an activating group) is 1. The fourth-order valence-corrected chi connectivity index (χ4v) is 8.31. The van der Waals surface area contributed by atoms with E-state index in [0.29, 0.717) is 45.5 Å². The number of sulfone groups is 1. The monoisotopic (exact) mass is 556 g/mol. The molecule has 0 atom stereocenters. The van der Waals surface area contributed by atoms with Gasteiger partial charge in [0.2, 0.25) is 5.91 Å². The van der Waals surface area contributed by atoms with Crippen LogP contribution in [0.5, 0.6) is 0 Å². The van der Waals surface area contributed by atoms with Crippen molar-refractivity contribution in [2.45, 2.75) is 21.9 Å². The zero-order valence-electron chi connectivity index (χ0n) is 19.7. The summed E-state index contributed by atoms with van der Waals surface area (Å²) >= 11 is 2.48. The summed E-state index contributed by atoms with van der Waals surface area (Å²) in [4.78, 5) is 22.1. The van der Waals surface area contributed by atoms with Gasteiger partial charge in [-0.2, -0.15) is 4.31 Å². The molecule has 0 saturated carbocycles. The number of hydrogen-bond donors (Lipinski definition) is 0. The molecule has 0 radical (unpaired) electrons. The highest BCUT2D eigenvalue weighted by molar-refractivity contribution is 7.91. The molecule has 4 rings (SSSR count). The van der Waals surface area contributed by atoms with Crippen LogP contribution in [0.3, 0.4) is 0 Å². The number of thiazole rings is 1. The number of hydrogen-bond acceptors (Lipinski definition) is 9. The lowest BCUT2D eigenvalue weighted by atomic mass is 9.96. The molecule has 35 heavy (non-hydrogen) atoms. The van der Waals surface area contributed by atoms with E-state index in [1.807, 2.05) is 19.0 Å². The van der Waals surface area contributed by atoms with Crippen LogP contribution in [0.2, 0.25) is 0 Å². The van der Waals surface area contributed by atoms with Crippen LogP contribution in [0.4, 0.5) is 5.13 Å². The molecule has 1 aliphatic rings. The standard InChI is InChI=1S/C22H28N4O5S4/c1-24(2)12-13-26(22-23-18-7-6-17(34(3,28)29)15-19(18)33-22)21(27)16-8-10-25(11-9-16)35(30,31)20-5-4-14-32-20/h4-7,14-16H,8-13H2,1-3H3. The molecular weight excluding hydrogens is 529 g/mol. The Kier molecular flexibility index (Phi) is 7.65. The summed E-state index contributed by atoms with van der Waals surface area (Å²) in [5.74, 6) is -0.395. The molecule has 0 unspecified atom stereocenters. The molecule has 0 aliphatic carbocycles. The van der Waals surface area contributed by atoms with Crippen molar-refractivity contribution in [3.8, 4) is 0 Å². The van der Waals surface area contributed by atoms with Crippen molar-refractivity contribution in [3.05, 3.63) is 35.7 Å². The molecule has 0 N–H and O–H groups in total. The average Bonchev–Trinajstić information content (AvgIpc) is 3.48. The van der Waals surface area contributed by atoms with Crippen molar-refractivity contribution in [2.75, 3.05) is 51.4 Å². The van der Waals surface area contributed by atoms with E-state index >= 15 is 0 Å². The van der Waals surface area contributed by atoms with Gasteiger partial charge in [0, 0.05) is 38.4 Å². The third-order valence-corrected chi connectivity index (χ3v) is 11.4. The fourth-order valence-electron chi connectivity index (χ4n) is 3.94. The van der Waals surface area contributed by atoms with E-state index < -0.39 is 19.9 Å². The minimum Gasteiger partial charge on any atom is -0.308 e. The molecule has 1 aromatic carbocycles. The summed E-state index contributed by atoms with van der Waals surface area (Å²) in [6, 6.07) is 8.09. The Bertz CT molecular complexity index is 1410. The van der Waals surface area contributed by atoms with Crippen LogP contribution in [0.1, 0.15) is 12.8 Å². The number of piperidine rings is 1. The van der Waals surface area contributed by atoms with Crippen LogP contribution < -0.4 is 4.90 Å². The lowest BCUT2D eigenvalue weighted by Crippen LogP contribution is -2.45. The molecule has 1 aliphatic heterocycles. The van der Waals surface area contributed by atoms with Crippen molar-refractivity contribution in [2.24, 2.45) is 5.92 Å². The van der Waals surface area contributed by atoms with Crippen molar-refractivity contribution in [1.82, 2.24) is 14.2 Å². The molecule has 3 aromatic rings. The largest absolute Gasteiger partial charge is 0.308 e. The molecule has 0 bridgehead atoms. The number of fused-ring (bicyclic) bond motifs is 1. The predicted octanol–water partition coefficient (Wildman–Crippen LogP) is 2.76. The highest BCUT2D eigenvalue weighted by atomic mass is 32.2. The summed E-state index contributed by atoms with van der Waals surface area (Å²) in [5, 5.41) is 2.26. The van der Waals surface area contributed by atoms with Crippen LogP contribution in [-0.4, -0.2) is 83.5 Å². The van der Waals surface area contributed by atoms with E-state index in [1.54, 1.807) is 34.5 Å². The number of nitrogens with zero attached hydrogens (tertiary/aromatic N) is 4. The molecule has 190 valence electrons. The van der Waals surface area contributed by atoms with Crippen LogP contribution in [0, 0.1) is 5.92 Å². The lowest BCUT2D eigenvalue weighted by Gasteiger charge is -2.33. The maximum atomic E-state index is 13.6. The Labute approximate surface area is 214 Å². The molecule has 1 fully saturated rings. The Morgan fingerprint density at radius 1 is 1.11 bits per heavy atom. The average molecular weight is 557 g/mol. The van der Waals surface area contributed by atoms with E-state index in [9.17, 15) is 21.6 Å². The maximum Gasteiger partial charge on any atom is 0.252 e. The first kappa shape index (κ1) is 26.2. The number of thiophene rings is 1. The fraction of sp³-hybridized carbons (Fsp3) is 0.455. The number of rotatable bonds is 8. The minimum atomic E-state index is -3.53. The highest BCUT2D eigenvalue weighted by Gasteiger charge is 2.35. The SMILES string of the molecule is CN(C)CCN(C(=O)C1CCN(S(=O)(=O)c2cccs2)CC1)c1nc2ccc(S(C)(=O)=O)cc2s1. The smallest absolute Gasteiger partial charge is 0.252 e. The van der Waals surface area contributed by atoms with Crippen LogP contribution >= 0.6 is 22.7 Å². The van der Waals surface area contributed by atoms with Gasteiger partial charge in [0.15, 0.2) is 15.0 Å². The number of amides is 1. The van der Waals surface area contributed by atoms with Gasteiger partial charge in [-0.3, -0.25) is 9.69 Å². The maximum absolute atomic E-state index is 13.6. The first-order valence-corrected chi connectivity index (χ1v) is 16.1. The number of sulfonamides is 1. The van der Waals surface area contributed by atoms with Crippen molar-refractivity contribution in [3.63, 3.8) is 0 Å². The van der Waals surface area contributed by atoms with E-state index in [-0.39, 0.29) is 29.8 Å². The Balaban J connectivity index is 1.55. The minimum absolute atomic E-state index is 0.0811. The summed E-state index contributed by atoms with van der Waals surface area (Å²) in [5.41, 5.74) is 0.636.